The quantitative estimate of drug-likeness (QED) is 0.758. The van der Waals surface area contributed by atoms with Crippen molar-refractivity contribution in [2.45, 2.75) is 52.0 Å². The molecule has 3 amide bonds. The number of rotatable bonds is 2. The largest absolute Gasteiger partial charge is 0.445 e. The van der Waals surface area contributed by atoms with Crippen LogP contribution in [0.25, 0.3) is 0 Å². The van der Waals surface area contributed by atoms with Gasteiger partial charge < -0.3 is 19.3 Å². The topological polar surface area (TPSA) is 79.4 Å². The lowest BCUT2D eigenvalue weighted by Crippen LogP contribution is -2.68. The third-order valence-electron chi connectivity index (χ3n) is 5.09. The Morgan fingerprint density at radius 1 is 1.07 bits per heavy atom. The summed E-state index contributed by atoms with van der Waals surface area (Å²) in [7, 11) is 0. The van der Waals surface area contributed by atoms with E-state index < -0.39 is 23.8 Å². The number of fused-ring (bicyclic) bond motifs is 1. The summed E-state index contributed by atoms with van der Waals surface area (Å²) in [4.78, 5) is 42.6. The molecule has 1 aromatic carbocycles. The smallest absolute Gasteiger partial charge is 0.410 e. The van der Waals surface area contributed by atoms with Gasteiger partial charge in [0.2, 0.25) is 5.91 Å². The zero-order valence-electron chi connectivity index (χ0n) is 17.5. The second-order valence-corrected chi connectivity index (χ2v) is 8.48. The molecule has 0 spiro atoms. The fourth-order valence-electron chi connectivity index (χ4n) is 3.59. The molecule has 0 bridgehead atoms. The second-order valence-electron chi connectivity index (χ2n) is 8.48. The van der Waals surface area contributed by atoms with Gasteiger partial charge in [-0.2, -0.15) is 0 Å². The maximum atomic E-state index is 12.8. The van der Waals surface area contributed by atoms with Crippen LogP contribution in [0.1, 0.15) is 33.3 Å². The van der Waals surface area contributed by atoms with E-state index in [0.717, 1.165) is 5.56 Å². The summed E-state index contributed by atoms with van der Waals surface area (Å²) in [6.07, 6.45) is -0.926. The van der Waals surface area contributed by atoms with E-state index in [9.17, 15) is 14.4 Å². The van der Waals surface area contributed by atoms with Gasteiger partial charge in [-0.05, 0) is 33.3 Å². The lowest BCUT2D eigenvalue weighted by Gasteiger charge is -2.48. The van der Waals surface area contributed by atoms with Crippen molar-refractivity contribution in [2.24, 2.45) is 0 Å². The molecule has 2 fully saturated rings. The molecule has 2 aliphatic heterocycles. The number of ether oxygens (including phenoxy) is 2. The molecule has 2 aliphatic rings. The van der Waals surface area contributed by atoms with Gasteiger partial charge in [-0.1, -0.05) is 30.3 Å². The summed E-state index contributed by atoms with van der Waals surface area (Å²) >= 11 is 0. The number of carbonyl (C=O) groups is 3. The Morgan fingerprint density at radius 2 is 1.76 bits per heavy atom. The SMILES string of the molecule is C[C@H]1C(=O)N2CCN(C(=O)OC(C)(C)C)C[C@@H]2CN1C(=O)OCc1ccccc1. The molecule has 29 heavy (non-hydrogen) atoms. The summed E-state index contributed by atoms with van der Waals surface area (Å²) < 4.78 is 10.9. The van der Waals surface area contributed by atoms with Gasteiger partial charge in [0.05, 0.1) is 6.04 Å². The van der Waals surface area contributed by atoms with E-state index in [1.165, 1.54) is 4.90 Å². The first kappa shape index (κ1) is 21.0. The van der Waals surface area contributed by atoms with Crippen molar-refractivity contribution in [2.75, 3.05) is 26.2 Å². The van der Waals surface area contributed by atoms with Gasteiger partial charge in [-0.25, -0.2) is 9.59 Å². The van der Waals surface area contributed by atoms with Gasteiger partial charge >= 0.3 is 12.2 Å². The Balaban J connectivity index is 1.63. The van der Waals surface area contributed by atoms with E-state index in [1.807, 2.05) is 51.1 Å². The number of carbonyl (C=O) groups excluding carboxylic acids is 3. The molecular formula is C21H29N3O5. The van der Waals surface area contributed by atoms with Crippen molar-refractivity contribution < 1.29 is 23.9 Å². The molecule has 0 aliphatic carbocycles. The zero-order chi connectivity index (χ0) is 21.2. The second kappa shape index (κ2) is 8.31. The number of amides is 3. The van der Waals surface area contributed by atoms with Gasteiger partial charge in [0.25, 0.3) is 0 Å². The van der Waals surface area contributed by atoms with Crippen LogP contribution in [0.3, 0.4) is 0 Å². The van der Waals surface area contributed by atoms with E-state index in [4.69, 9.17) is 9.47 Å². The molecule has 2 saturated heterocycles. The standard InChI is InChI=1S/C21H29N3O5/c1-15-18(25)23-11-10-22(19(26)29-21(2,3)4)12-17(23)13-24(15)20(27)28-14-16-8-6-5-7-9-16/h5-9,15,17H,10-14H2,1-4H3/t15-,17+/m0/s1. The summed E-state index contributed by atoms with van der Waals surface area (Å²) in [5, 5.41) is 0. The third-order valence-corrected chi connectivity index (χ3v) is 5.09. The monoisotopic (exact) mass is 403 g/mol. The van der Waals surface area contributed by atoms with Crippen LogP contribution in [-0.2, 0) is 20.9 Å². The number of hydrogen-bond acceptors (Lipinski definition) is 5. The van der Waals surface area contributed by atoms with Crippen molar-refractivity contribution in [3.05, 3.63) is 35.9 Å². The zero-order valence-corrected chi connectivity index (χ0v) is 17.5. The third kappa shape index (κ3) is 4.99. The fraction of sp³-hybridized carbons (Fsp3) is 0.571. The molecular weight excluding hydrogens is 374 g/mol. The van der Waals surface area contributed by atoms with Gasteiger partial charge in [-0.3, -0.25) is 9.69 Å². The first-order valence-electron chi connectivity index (χ1n) is 9.91. The molecule has 0 unspecified atom stereocenters. The summed E-state index contributed by atoms with van der Waals surface area (Å²) in [6, 6.07) is 8.53. The van der Waals surface area contributed by atoms with E-state index in [-0.39, 0.29) is 18.6 Å². The van der Waals surface area contributed by atoms with E-state index in [2.05, 4.69) is 0 Å². The highest BCUT2D eigenvalue weighted by Gasteiger charge is 2.44. The summed E-state index contributed by atoms with van der Waals surface area (Å²) in [5.41, 5.74) is 0.297. The number of nitrogens with zero attached hydrogens (tertiary/aromatic N) is 3. The minimum Gasteiger partial charge on any atom is -0.445 e. The molecule has 0 radical (unpaired) electrons. The van der Waals surface area contributed by atoms with Crippen molar-refractivity contribution in [1.82, 2.24) is 14.7 Å². The molecule has 1 aromatic rings. The fourth-order valence-corrected chi connectivity index (χ4v) is 3.59. The lowest BCUT2D eigenvalue weighted by atomic mass is 10.0. The Hall–Kier alpha value is -2.77. The predicted octanol–water partition coefficient (Wildman–Crippen LogP) is 2.48. The lowest BCUT2D eigenvalue weighted by molar-refractivity contribution is -0.147. The highest BCUT2D eigenvalue weighted by Crippen LogP contribution is 2.23. The molecule has 3 rings (SSSR count). The Kier molecular flexibility index (Phi) is 6.00. The van der Waals surface area contributed by atoms with Gasteiger partial charge in [0.1, 0.15) is 18.2 Å². The first-order valence-corrected chi connectivity index (χ1v) is 9.91. The molecule has 0 N–H and O–H groups in total. The molecule has 8 heteroatoms. The molecule has 0 aromatic heterocycles. The predicted molar refractivity (Wildman–Crippen MR) is 106 cm³/mol. The van der Waals surface area contributed by atoms with Crippen molar-refractivity contribution >= 4 is 18.1 Å². The van der Waals surface area contributed by atoms with Crippen LogP contribution in [0.15, 0.2) is 30.3 Å². The number of piperazine rings is 2. The molecule has 2 atom stereocenters. The maximum absolute atomic E-state index is 12.8. The molecule has 8 nitrogen and oxygen atoms in total. The first-order chi connectivity index (χ1) is 13.7. The van der Waals surface area contributed by atoms with Crippen LogP contribution in [0.2, 0.25) is 0 Å². The Bertz CT molecular complexity index is 761. The van der Waals surface area contributed by atoms with E-state index in [1.54, 1.807) is 16.7 Å². The van der Waals surface area contributed by atoms with Crippen LogP contribution < -0.4 is 0 Å². The van der Waals surface area contributed by atoms with Gasteiger partial charge in [0, 0.05) is 26.2 Å². The normalized spacial score (nSPS) is 22.2. The average Bonchev–Trinajstić information content (AvgIpc) is 2.68. The summed E-state index contributed by atoms with van der Waals surface area (Å²) in [5.74, 6) is -0.123. The number of benzene rings is 1. The van der Waals surface area contributed by atoms with Crippen molar-refractivity contribution in [1.29, 1.82) is 0 Å². The van der Waals surface area contributed by atoms with Crippen LogP contribution >= 0.6 is 0 Å². The number of hydrogen-bond donors (Lipinski definition) is 0. The Morgan fingerprint density at radius 3 is 2.41 bits per heavy atom. The van der Waals surface area contributed by atoms with Crippen molar-refractivity contribution in [3.63, 3.8) is 0 Å². The van der Waals surface area contributed by atoms with Crippen LogP contribution in [0.4, 0.5) is 9.59 Å². The minimum absolute atomic E-state index is 0.123. The maximum Gasteiger partial charge on any atom is 0.410 e. The minimum atomic E-state index is -0.595. The van der Waals surface area contributed by atoms with E-state index in [0.29, 0.717) is 26.2 Å². The molecule has 2 heterocycles. The van der Waals surface area contributed by atoms with Crippen LogP contribution in [0.5, 0.6) is 0 Å². The van der Waals surface area contributed by atoms with E-state index >= 15 is 0 Å². The molecule has 158 valence electrons. The highest BCUT2D eigenvalue weighted by atomic mass is 16.6. The summed E-state index contributed by atoms with van der Waals surface area (Å²) in [6.45, 7) is 8.81. The van der Waals surface area contributed by atoms with Gasteiger partial charge in [0.15, 0.2) is 0 Å². The Labute approximate surface area is 171 Å². The van der Waals surface area contributed by atoms with Crippen LogP contribution in [0, 0.1) is 0 Å². The van der Waals surface area contributed by atoms with Crippen molar-refractivity contribution in [3.8, 4) is 0 Å². The highest BCUT2D eigenvalue weighted by molar-refractivity contribution is 5.87. The molecule has 0 saturated carbocycles. The van der Waals surface area contributed by atoms with Gasteiger partial charge in [-0.15, -0.1) is 0 Å². The average molecular weight is 403 g/mol. The van der Waals surface area contributed by atoms with Crippen LogP contribution in [-0.4, -0.2) is 76.7 Å².